The van der Waals surface area contributed by atoms with Gasteiger partial charge in [0.05, 0.1) is 6.61 Å². The molecule has 5 nitrogen and oxygen atoms in total. The average Bonchev–Trinajstić information content (AvgIpc) is 3.36. The fourth-order valence-electron chi connectivity index (χ4n) is 2.45. The number of likely N-dealkylation sites (N-methyl/N-ethyl adjacent to an activating group) is 2. The van der Waals surface area contributed by atoms with Crippen LogP contribution in [0.5, 0.6) is 0 Å². The second-order valence-corrected chi connectivity index (χ2v) is 6.61. The minimum absolute atomic E-state index is 0. The lowest BCUT2D eigenvalue weighted by Crippen LogP contribution is -2.46. The van der Waals surface area contributed by atoms with Crippen molar-refractivity contribution in [1.29, 1.82) is 0 Å². The van der Waals surface area contributed by atoms with Crippen LogP contribution >= 0.6 is 24.0 Å². The Morgan fingerprint density at radius 2 is 1.95 bits per heavy atom. The Labute approximate surface area is 152 Å². The van der Waals surface area contributed by atoms with Crippen molar-refractivity contribution in [1.82, 2.24) is 15.1 Å². The number of hydrogen-bond donors (Lipinski definition) is 1. The number of hydrogen-bond acceptors (Lipinski definition) is 3. The first-order valence-electron chi connectivity index (χ1n) is 8.33. The molecule has 2 rings (SSSR count). The first kappa shape index (κ1) is 20.0. The number of nitrogens with one attached hydrogen (secondary N) is 1. The third-order valence-electron chi connectivity index (χ3n) is 4.57. The highest BCUT2D eigenvalue weighted by Crippen LogP contribution is 2.28. The van der Waals surface area contributed by atoms with Gasteiger partial charge in [-0.25, -0.2) is 0 Å². The molecule has 0 radical (unpaired) electrons. The van der Waals surface area contributed by atoms with Crippen LogP contribution in [-0.4, -0.2) is 75.3 Å². The molecule has 22 heavy (non-hydrogen) atoms. The predicted octanol–water partition coefficient (Wildman–Crippen LogP) is 2.02. The molecule has 1 N–H and O–H groups in total. The first-order chi connectivity index (χ1) is 10.1. The average molecular weight is 424 g/mol. The molecule has 0 aliphatic heterocycles. The van der Waals surface area contributed by atoms with E-state index in [1.165, 1.54) is 25.7 Å². The molecule has 2 aliphatic rings. The number of aliphatic imine (C=N–C) groups is 1. The largest absolute Gasteiger partial charge is 0.379 e. The van der Waals surface area contributed by atoms with Gasteiger partial charge < -0.3 is 15.0 Å². The molecule has 1 unspecified atom stereocenters. The Morgan fingerprint density at radius 3 is 2.50 bits per heavy atom. The van der Waals surface area contributed by atoms with E-state index in [1.54, 1.807) is 0 Å². The Balaban J connectivity index is 0.00000242. The molecule has 2 fully saturated rings. The smallest absolute Gasteiger partial charge is 0.193 e. The number of halogens is 1. The summed E-state index contributed by atoms with van der Waals surface area (Å²) in [6.07, 6.45) is 5.42. The number of guanidine groups is 1. The molecular weight excluding hydrogens is 391 g/mol. The van der Waals surface area contributed by atoms with Crippen molar-refractivity contribution in [2.75, 3.05) is 47.4 Å². The lowest BCUT2D eigenvalue weighted by atomic mass is 10.3. The molecule has 6 heteroatoms. The maximum Gasteiger partial charge on any atom is 0.193 e. The molecule has 0 spiro atoms. The lowest BCUT2D eigenvalue weighted by molar-refractivity contribution is 0.115. The van der Waals surface area contributed by atoms with E-state index in [4.69, 9.17) is 4.74 Å². The molecule has 0 bridgehead atoms. The van der Waals surface area contributed by atoms with Gasteiger partial charge in [0.25, 0.3) is 0 Å². The topological polar surface area (TPSA) is 40.1 Å². The zero-order valence-corrected chi connectivity index (χ0v) is 16.9. The van der Waals surface area contributed by atoms with E-state index in [-0.39, 0.29) is 24.0 Å². The molecule has 0 heterocycles. The maximum atomic E-state index is 5.69. The summed E-state index contributed by atoms with van der Waals surface area (Å²) in [5.74, 6) is 1.80. The fourth-order valence-corrected chi connectivity index (χ4v) is 2.45. The van der Waals surface area contributed by atoms with Gasteiger partial charge in [0, 0.05) is 45.9 Å². The Morgan fingerprint density at radius 1 is 1.27 bits per heavy atom. The van der Waals surface area contributed by atoms with Gasteiger partial charge in [0.15, 0.2) is 5.96 Å². The predicted molar refractivity (Wildman–Crippen MR) is 103 cm³/mol. The highest BCUT2D eigenvalue weighted by molar-refractivity contribution is 14.0. The van der Waals surface area contributed by atoms with Gasteiger partial charge in [-0.1, -0.05) is 0 Å². The van der Waals surface area contributed by atoms with Gasteiger partial charge in [-0.05, 0) is 45.6 Å². The molecule has 130 valence electrons. The van der Waals surface area contributed by atoms with Crippen LogP contribution in [0.3, 0.4) is 0 Å². The summed E-state index contributed by atoms with van der Waals surface area (Å²) < 4.78 is 5.69. The van der Waals surface area contributed by atoms with Crippen LogP contribution in [-0.2, 0) is 4.74 Å². The molecule has 0 aromatic heterocycles. The second-order valence-electron chi connectivity index (χ2n) is 6.61. The van der Waals surface area contributed by atoms with Gasteiger partial charge in [-0.3, -0.25) is 9.89 Å². The number of rotatable bonds is 9. The van der Waals surface area contributed by atoms with Crippen LogP contribution < -0.4 is 5.32 Å². The van der Waals surface area contributed by atoms with E-state index >= 15 is 0 Å². The minimum atomic E-state index is 0. The molecular formula is C16H33IN4O. The molecule has 2 aliphatic carbocycles. The van der Waals surface area contributed by atoms with Crippen LogP contribution in [0.2, 0.25) is 0 Å². The maximum absolute atomic E-state index is 5.69. The number of nitrogens with zero attached hydrogens (tertiary/aromatic N) is 3. The fraction of sp³-hybridized carbons (Fsp3) is 0.938. The Kier molecular flexibility index (Phi) is 9.01. The van der Waals surface area contributed by atoms with E-state index in [0.717, 1.165) is 44.2 Å². The molecule has 0 saturated heterocycles. The summed E-state index contributed by atoms with van der Waals surface area (Å²) in [5.41, 5.74) is 0. The monoisotopic (exact) mass is 424 g/mol. The van der Waals surface area contributed by atoms with E-state index in [9.17, 15) is 0 Å². The van der Waals surface area contributed by atoms with Gasteiger partial charge in [0.2, 0.25) is 0 Å². The van der Waals surface area contributed by atoms with Gasteiger partial charge in [0.1, 0.15) is 0 Å². The van der Waals surface area contributed by atoms with Crippen molar-refractivity contribution in [2.24, 2.45) is 10.9 Å². The zero-order chi connectivity index (χ0) is 15.2. The summed E-state index contributed by atoms with van der Waals surface area (Å²) in [7, 11) is 6.15. The van der Waals surface area contributed by atoms with Crippen molar-refractivity contribution in [3.63, 3.8) is 0 Å². The van der Waals surface area contributed by atoms with Crippen molar-refractivity contribution < 1.29 is 4.74 Å². The van der Waals surface area contributed by atoms with Crippen LogP contribution in [0, 0.1) is 5.92 Å². The van der Waals surface area contributed by atoms with Gasteiger partial charge in [-0.2, -0.15) is 0 Å². The van der Waals surface area contributed by atoms with Crippen LogP contribution in [0.15, 0.2) is 4.99 Å². The summed E-state index contributed by atoms with van der Waals surface area (Å²) in [6.45, 7) is 5.82. The molecule has 1 atom stereocenters. The summed E-state index contributed by atoms with van der Waals surface area (Å²) in [4.78, 5) is 8.98. The summed E-state index contributed by atoms with van der Waals surface area (Å²) in [6, 6.07) is 1.34. The van der Waals surface area contributed by atoms with Gasteiger partial charge >= 0.3 is 0 Å². The third kappa shape index (κ3) is 7.00. The van der Waals surface area contributed by atoms with Crippen LogP contribution in [0.4, 0.5) is 0 Å². The Bertz CT molecular complexity index is 345. The highest BCUT2D eigenvalue weighted by Gasteiger charge is 2.29. The van der Waals surface area contributed by atoms with E-state index < -0.39 is 0 Å². The van der Waals surface area contributed by atoms with Crippen molar-refractivity contribution >= 4 is 29.9 Å². The quantitative estimate of drug-likeness (QED) is 0.266. The van der Waals surface area contributed by atoms with Crippen molar-refractivity contribution in [3.05, 3.63) is 0 Å². The summed E-state index contributed by atoms with van der Waals surface area (Å²) in [5, 5.41) is 3.47. The SMILES string of the molecule is CN=C(NCC(C)N(C)C1CC1)N(C)CCOCC1CC1.I. The molecule has 2 saturated carbocycles. The molecule has 0 amide bonds. The minimum Gasteiger partial charge on any atom is -0.379 e. The second kappa shape index (κ2) is 9.93. The van der Waals surface area contributed by atoms with Crippen LogP contribution in [0.25, 0.3) is 0 Å². The number of ether oxygens (including phenoxy) is 1. The highest BCUT2D eigenvalue weighted by atomic mass is 127. The van der Waals surface area contributed by atoms with E-state index in [0.29, 0.717) is 6.04 Å². The van der Waals surface area contributed by atoms with Gasteiger partial charge in [-0.15, -0.1) is 24.0 Å². The van der Waals surface area contributed by atoms with E-state index in [2.05, 4.69) is 41.1 Å². The summed E-state index contributed by atoms with van der Waals surface area (Å²) >= 11 is 0. The van der Waals surface area contributed by atoms with Crippen molar-refractivity contribution in [2.45, 2.75) is 44.7 Å². The Hall–Kier alpha value is -0.0800. The van der Waals surface area contributed by atoms with Crippen LogP contribution in [0.1, 0.15) is 32.6 Å². The third-order valence-corrected chi connectivity index (χ3v) is 4.57. The standard InChI is InChI=1S/C16H32N4O.HI/c1-13(20(4)15-7-8-15)11-18-16(17-2)19(3)9-10-21-12-14-5-6-14;/h13-15H,5-12H2,1-4H3,(H,17,18);1H. The molecule has 0 aromatic rings. The zero-order valence-electron chi connectivity index (χ0n) is 14.5. The van der Waals surface area contributed by atoms with E-state index in [1.807, 2.05) is 7.05 Å². The first-order valence-corrected chi connectivity index (χ1v) is 8.33. The molecule has 0 aromatic carbocycles. The normalized spacial score (nSPS) is 19.8. The lowest BCUT2D eigenvalue weighted by Gasteiger charge is -2.28. The van der Waals surface area contributed by atoms with Crippen molar-refractivity contribution in [3.8, 4) is 0 Å².